The van der Waals surface area contributed by atoms with E-state index in [1.54, 1.807) is 6.20 Å². The average molecular weight is 364 g/mol. The van der Waals surface area contributed by atoms with Gasteiger partial charge >= 0.3 is 0 Å². The second kappa shape index (κ2) is 9.51. The van der Waals surface area contributed by atoms with Crippen LogP contribution in [0.3, 0.4) is 0 Å². The first-order valence-electron chi connectivity index (χ1n) is 8.81. The van der Waals surface area contributed by atoms with Crippen molar-refractivity contribution < 1.29 is 5.21 Å². The minimum atomic E-state index is 0.0390. The molecule has 0 fully saturated rings. The minimum Gasteiger partial charge on any atom is -0.369 e. The van der Waals surface area contributed by atoms with Crippen LogP contribution >= 0.6 is 0 Å². The van der Waals surface area contributed by atoms with E-state index in [2.05, 4.69) is 37.9 Å². The molecule has 0 radical (unpaired) electrons. The first-order valence-corrected chi connectivity index (χ1v) is 8.81. The number of imidazole rings is 1. The summed E-state index contributed by atoms with van der Waals surface area (Å²) in [5, 5.41) is 13.0. The molecule has 3 rings (SSSR count). The van der Waals surface area contributed by atoms with Crippen LogP contribution < -0.4 is 16.5 Å². The fourth-order valence-electron chi connectivity index (χ4n) is 2.79. The molecule has 7 nitrogen and oxygen atoms in total. The SMILES string of the molecule is Nc1ncc(CC(CN=C(NO)c2ccccc2)NCc2ccccc2)[nH]1. The van der Waals surface area contributed by atoms with Gasteiger partial charge in [-0.25, -0.2) is 4.98 Å². The standard InChI is InChI=1S/C20H24N6O/c21-20-24-14-18(25-20)11-17(22-12-15-7-3-1-4-8-15)13-23-19(26-27)16-9-5-2-6-10-16/h1-10,14,17,22,27H,11-13H2,(H,23,26)(H3,21,24,25). The van der Waals surface area contributed by atoms with Crippen LogP contribution in [0.5, 0.6) is 0 Å². The van der Waals surface area contributed by atoms with E-state index in [9.17, 15) is 5.21 Å². The molecule has 0 saturated carbocycles. The topological polar surface area (TPSA) is 111 Å². The Morgan fingerprint density at radius 1 is 1.11 bits per heavy atom. The van der Waals surface area contributed by atoms with Gasteiger partial charge in [0.05, 0.1) is 12.7 Å². The van der Waals surface area contributed by atoms with Gasteiger partial charge in [0.25, 0.3) is 0 Å². The summed E-state index contributed by atoms with van der Waals surface area (Å²) in [7, 11) is 0. The van der Waals surface area contributed by atoms with Crippen molar-refractivity contribution in [3.63, 3.8) is 0 Å². The van der Waals surface area contributed by atoms with Crippen molar-refractivity contribution >= 4 is 11.8 Å². The third-order valence-electron chi connectivity index (χ3n) is 4.18. The Hall–Kier alpha value is -3.16. The zero-order chi connectivity index (χ0) is 18.9. The smallest absolute Gasteiger partial charge is 0.197 e. The molecule has 0 aliphatic rings. The molecule has 0 saturated heterocycles. The molecular weight excluding hydrogens is 340 g/mol. The lowest BCUT2D eigenvalue weighted by atomic mass is 10.1. The van der Waals surface area contributed by atoms with Crippen molar-refractivity contribution in [3.8, 4) is 0 Å². The van der Waals surface area contributed by atoms with Crippen molar-refractivity contribution in [1.29, 1.82) is 0 Å². The van der Waals surface area contributed by atoms with Crippen LogP contribution in [0.25, 0.3) is 0 Å². The number of amidine groups is 1. The zero-order valence-electron chi connectivity index (χ0n) is 15.0. The Bertz CT molecular complexity index is 847. The summed E-state index contributed by atoms with van der Waals surface area (Å²) in [6.45, 7) is 1.20. The molecule has 0 aliphatic carbocycles. The lowest BCUT2D eigenvalue weighted by molar-refractivity contribution is 0.234. The summed E-state index contributed by atoms with van der Waals surface area (Å²) in [6, 6.07) is 19.7. The predicted molar refractivity (Wildman–Crippen MR) is 107 cm³/mol. The van der Waals surface area contributed by atoms with Gasteiger partial charge in [0.2, 0.25) is 0 Å². The van der Waals surface area contributed by atoms with Crippen LogP contribution in [0.2, 0.25) is 0 Å². The average Bonchev–Trinajstić information content (AvgIpc) is 3.12. The summed E-state index contributed by atoms with van der Waals surface area (Å²) in [5.41, 5.74) is 10.8. The lowest BCUT2D eigenvalue weighted by Crippen LogP contribution is -2.35. The number of aromatic nitrogens is 2. The van der Waals surface area contributed by atoms with E-state index in [-0.39, 0.29) is 6.04 Å². The summed E-state index contributed by atoms with van der Waals surface area (Å²) in [5.74, 6) is 0.837. The van der Waals surface area contributed by atoms with Gasteiger partial charge in [0, 0.05) is 30.3 Å². The van der Waals surface area contributed by atoms with E-state index in [0.717, 1.165) is 17.8 Å². The first-order chi connectivity index (χ1) is 13.2. The highest BCUT2D eigenvalue weighted by atomic mass is 16.5. The molecule has 6 N–H and O–H groups in total. The highest BCUT2D eigenvalue weighted by Crippen LogP contribution is 2.06. The quantitative estimate of drug-likeness (QED) is 0.239. The maximum atomic E-state index is 9.46. The van der Waals surface area contributed by atoms with Crippen LogP contribution in [-0.2, 0) is 13.0 Å². The van der Waals surface area contributed by atoms with Crippen molar-refractivity contribution in [2.24, 2.45) is 4.99 Å². The van der Waals surface area contributed by atoms with Crippen LogP contribution in [0.15, 0.2) is 71.9 Å². The normalized spacial score (nSPS) is 12.7. The van der Waals surface area contributed by atoms with Gasteiger partial charge in [0.15, 0.2) is 11.8 Å². The molecule has 27 heavy (non-hydrogen) atoms. The van der Waals surface area contributed by atoms with Gasteiger partial charge in [-0.15, -0.1) is 0 Å². The van der Waals surface area contributed by atoms with Crippen LogP contribution in [0.4, 0.5) is 5.95 Å². The number of aliphatic imine (C=N–C) groups is 1. The summed E-state index contributed by atoms with van der Waals surface area (Å²) in [4.78, 5) is 11.7. The molecule has 0 aliphatic heterocycles. The number of hydrogen-bond acceptors (Lipinski definition) is 5. The van der Waals surface area contributed by atoms with Crippen LogP contribution in [0.1, 0.15) is 16.8 Å². The van der Waals surface area contributed by atoms with Crippen molar-refractivity contribution in [3.05, 3.63) is 83.7 Å². The maximum Gasteiger partial charge on any atom is 0.197 e. The fraction of sp³-hybridized carbons (Fsp3) is 0.200. The molecule has 1 aromatic heterocycles. The van der Waals surface area contributed by atoms with Gasteiger partial charge < -0.3 is 16.0 Å². The Balaban J connectivity index is 1.70. The molecule has 7 heteroatoms. The van der Waals surface area contributed by atoms with E-state index >= 15 is 0 Å². The number of nitrogens with one attached hydrogen (secondary N) is 3. The molecule has 140 valence electrons. The predicted octanol–water partition coefficient (Wildman–Crippen LogP) is 2.12. The summed E-state index contributed by atoms with van der Waals surface area (Å²) >= 11 is 0. The molecular formula is C20H24N6O. The number of hydroxylamine groups is 1. The molecule has 0 spiro atoms. The van der Waals surface area contributed by atoms with Crippen LogP contribution in [0, 0.1) is 0 Å². The molecule has 0 bridgehead atoms. The van der Waals surface area contributed by atoms with Crippen molar-refractivity contribution in [2.75, 3.05) is 12.3 Å². The number of rotatable bonds is 8. The number of benzene rings is 2. The Morgan fingerprint density at radius 2 is 1.81 bits per heavy atom. The van der Waals surface area contributed by atoms with E-state index in [1.807, 2.05) is 48.5 Å². The number of H-pyrrole nitrogens is 1. The molecule has 1 heterocycles. The Morgan fingerprint density at radius 3 is 2.44 bits per heavy atom. The highest BCUT2D eigenvalue weighted by molar-refractivity contribution is 5.97. The number of nitrogens with zero attached hydrogens (tertiary/aromatic N) is 2. The van der Waals surface area contributed by atoms with Gasteiger partial charge in [-0.2, -0.15) is 0 Å². The number of nitrogen functional groups attached to an aromatic ring is 1. The zero-order valence-corrected chi connectivity index (χ0v) is 15.0. The van der Waals surface area contributed by atoms with Gasteiger partial charge in [0.1, 0.15) is 0 Å². The second-order valence-electron chi connectivity index (χ2n) is 6.23. The number of nitrogens with two attached hydrogens (primary N) is 1. The van der Waals surface area contributed by atoms with Gasteiger partial charge in [-0.1, -0.05) is 60.7 Å². The monoisotopic (exact) mass is 364 g/mol. The molecule has 1 atom stereocenters. The second-order valence-corrected chi connectivity index (χ2v) is 6.23. The fourth-order valence-corrected chi connectivity index (χ4v) is 2.79. The van der Waals surface area contributed by atoms with Crippen molar-refractivity contribution in [1.82, 2.24) is 20.8 Å². The maximum absolute atomic E-state index is 9.46. The van der Waals surface area contributed by atoms with Crippen LogP contribution in [-0.4, -0.2) is 33.6 Å². The molecule has 0 amide bonds. The van der Waals surface area contributed by atoms with E-state index in [1.165, 1.54) is 5.56 Å². The number of aromatic amines is 1. The number of hydrogen-bond donors (Lipinski definition) is 5. The third kappa shape index (κ3) is 5.67. The van der Waals surface area contributed by atoms with E-state index in [4.69, 9.17) is 5.73 Å². The number of anilines is 1. The Kier molecular flexibility index (Phi) is 6.56. The van der Waals surface area contributed by atoms with Crippen molar-refractivity contribution in [2.45, 2.75) is 19.0 Å². The van der Waals surface area contributed by atoms with E-state index in [0.29, 0.717) is 24.7 Å². The highest BCUT2D eigenvalue weighted by Gasteiger charge is 2.12. The summed E-state index contributed by atoms with van der Waals surface area (Å²) in [6.07, 6.45) is 2.42. The molecule has 3 aromatic rings. The van der Waals surface area contributed by atoms with E-state index < -0.39 is 0 Å². The summed E-state index contributed by atoms with van der Waals surface area (Å²) < 4.78 is 0. The molecule has 2 aromatic carbocycles. The Labute approximate surface area is 158 Å². The molecule has 1 unspecified atom stereocenters. The third-order valence-corrected chi connectivity index (χ3v) is 4.18. The first kappa shape index (κ1) is 18.6. The van der Waals surface area contributed by atoms with Gasteiger partial charge in [-0.05, 0) is 5.56 Å². The largest absolute Gasteiger partial charge is 0.369 e. The van der Waals surface area contributed by atoms with Gasteiger partial charge in [-0.3, -0.25) is 15.7 Å². The minimum absolute atomic E-state index is 0.0390. The lowest BCUT2D eigenvalue weighted by Gasteiger charge is -2.17.